The minimum absolute atomic E-state index is 0.108. The highest BCUT2D eigenvalue weighted by Gasteiger charge is 2.24. The number of nitrogens with one attached hydrogen (secondary N) is 2. The fourth-order valence-corrected chi connectivity index (χ4v) is 4.28. The highest BCUT2D eigenvalue weighted by Crippen LogP contribution is 2.24. The number of urea groups is 1. The average Bonchev–Trinajstić information content (AvgIpc) is 3.31. The van der Waals surface area contributed by atoms with Crippen LogP contribution < -0.4 is 20.4 Å². The zero-order chi connectivity index (χ0) is 18.6. The van der Waals surface area contributed by atoms with Crippen molar-refractivity contribution in [2.24, 2.45) is 0 Å². The van der Waals surface area contributed by atoms with Crippen molar-refractivity contribution >= 4 is 39.8 Å². The Labute approximate surface area is 162 Å². The Balaban J connectivity index is 1.32. The van der Waals surface area contributed by atoms with Crippen LogP contribution in [0.25, 0.3) is 0 Å². The summed E-state index contributed by atoms with van der Waals surface area (Å²) in [6.45, 7) is 3.45. The van der Waals surface area contributed by atoms with E-state index in [0.29, 0.717) is 23.9 Å². The third kappa shape index (κ3) is 4.21. The summed E-state index contributed by atoms with van der Waals surface area (Å²) in [4.78, 5) is 32.4. The quantitative estimate of drug-likeness (QED) is 0.830. The van der Waals surface area contributed by atoms with Gasteiger partial charge < -0.3 is 15.5 Å². The van der Waals surface area contributed by atoms with E-state index < -0.39 is 0 Å². The molecule has 0 aliphatic carbocycles. The normalized spacial score (nSPS) is 17.1. The van der Waals surface area contributed by atoms with Crippen molar-refractivity contribution in [3.05, 3.63) is 35.3 Å². The van der Waals surface area contributed by atoms with Crippen LogP contribution in [0.4, 0.5) is 21.3 Å². The van der Waals surface area contributed by atoms with Crippen molar-refractivity contribution in [1.29, 1.82) is 0 Å². The van der Waals surface area contributed by atoms with E-state index in [9.17, 15) is 9.59 Å². The summed E-state index contributed by atoms with van der Waals surface area (Å²) in [5.74, 6) is -0.108. The number of nitrogens with zero attached hydrogens (tertiary/aromatic N) is 3. The zero-order valence-electron chi connectivity index (χ0n) is 15.1. The predicted molar refractivity (Wildman–Crippen MR) is 108 cm³/mol. The molecule has 1 aromatic carbocycles. The van der Waals surface area contributed by atoms with Gasteiger partial charge in [0.25, 0.3) is 0 Å². The van der Waals surface area contributed by atoms with Gasteiger partial charge in [0.15, 0.2) is 5.13 Å². The fraction of sp³-hybridized carbons (Fsp3) is 0.421. The maximum absolute atomic E-state index is 12.3. The van der Waals surface area contributed by atoms with E-state index in [1.165, 1.54) is 36.3 Å². The molecule has 8 heteroatoms. The lowest BCUT2D eigenvalue weighted by molar-refractivity contribution is -0.115. The number of rotatable bonds is 5. The number of amides is 3. The molecule has 0 atom stereocenters. The Kier molecular flexibility index (Phi) is 5.24. The van der Waals surface area contributed by atoms with Crippen molar-refractivity contribution in [3.63, 3.8) is 0 Å². The van der Waals surface area contributed by atoms with Gasteiger partial charge >= 0.3 is 6.03 Å². The van der Waals surface area contributed by atoms with E-state index in [4.69, 9.17) is 0 Å². The first-order valence-corrected chi connectivity index (χ1v) is 10.2. The van der Waals surface area contributed by atoms with Crippen LogP contribution in [0, 0.1) is 0 Å². The van der Waals surface area contributed by atoms with Crippen molar-refractivity contribution < 1.29 is 9.59 Å². The van der Waals surface area contributed by atoms with Gasteiger partial charge in [-0.2, -0.15) is 0 Å². The van der Waals surface area contributed by atoms with E-state index in [1.54, 1.807) is 4.90 Å². The summed E-state index contributed by atoms with van der Waals surface area (Å²) in [6.07, 6.45) is 3.99. The second-order valence-electron chi connectivity index (χ2n) is 6.82. The van der Waals surface area contributed by atoms with Crippen molar-refractivity contribution in [1.82, 2.24) is 10.3 Å². The van der Waals surface area contributed by atoms with Gasteiger partial charge in [0, 0.05) is 42.9 Å². The molecule has 1 aromatic heterocycles. The second kappa shape index (κ2) is 7.96. The molecule has 2 aliphatic rings. The SMILES string of the molecule is O=C(Cc1csc(N2CCNC2=O)n1)Nc1ccc(N2CCCCC2)cc1. The van der Waals surface area contributed by atoms with Crippen molar-refractivity contribution in [2.75, 3.05) is 41.3 Å². The molecule has 2 fully saturated rings. The summed E-state index contributed by atoms with van der Waals surface area (Å²) >= 11 is 1.39. The molecular weight excluding hydrogens is 362 g/mol. The molecule has 4 rings (SSSR count). The second-order valence-corrected chi connectivity index (χ2v) is 7.66. The van der Waals surface area contributed by atoms with Crippen molar-refractivity contribution in [2.45, 2.75) is 25.7 Å². The Morgan fingerprint density at radius 2 is 1.93 bits per heavy atom. The number of piperidine rings is 1. The molecule has 2 aliphatic heterocycles. The van der Waals surface area contributed by atoms with Crippen LogP contribution in [0.2, 0.25) is 0 Å². The number of carbonyl (C=O) groups excluding carboxylic acids is 2. The summed E-state index contributed by atoms with van der Waals surface area (Å²) in [6, 6.07) is 7.89. The average molecular weight is 385 g/mol. The van der Waals surface area contributed by atoms with Crippen LogP contribution in [0.15, 0.2) is 29.6 Å². The van der Waals surface area contributed by atoms with Gasteiger partial charge in [-0.1, -0.05) is 0 Å². The number of hydrogen-bond acceptors (Lipinski definition) is 5. The van der Waals surface area contributed by atoms with Gasteiger partial charge in [0.05, 0.1) is 12.1 Å². The standard InChI is InChI=1S/C19H23N5O2S/c25-17(12-15-13-27-19(22-15)24-11-8-20-18(24)26)21-14-4-6-16(7-5-14)23-9-2-1-3-10-23/h4-7,13H,1-3,8-12H2,(H,20,26)(H,21,25). The molecule has 0 radical (unpaired) electrons. The molecule has 0 saturated carbocycles. The highest BCUT2D eigenvalue weighted by atomic mass is 32.1. The molecule has 0 unspecified atom stereocenters. The number of anilines is 3. The largest absolute Gasteiger partial charge is 0.372 e. The molecule has 2 N–H and O–H groups in total. The maximum Gasteiger partial charge on any atom is 0.323 e. The van der Waals surface area contributed by atoms with Gasteiger partial charge in [-0.05, 0) is 43.5 Å². The monoisotopic (exact) mass is 385 g/mol. The van der Waals surface area contributed by atoms with Crippen LogP contribution in [-0.4, -0.2) is 43.1 Å². The first kappa shape index (κ1) is 17.8. The molecule has 27 heavy (non-hydrogen) atoms. The zero-order valence-corrected chi connectivity index (χ0v) is 15.9. The van der Waals surface area contributed by atoms with E-state index in [0.717, 1.165) is 18.8 Å². The lowest BCUT2D eigenvalue weighted by Gasteiger charge is -2.28. The number of thiazole rings is 1. The summed E-state index contributed by atoms with van der Waals surface area (Å²) < 4.78 is 0. The summed E-state index contributed by atoms with van der Waals surface area (Å²) in [7, 11) is 0. The van der Waals surface area contributed by atoms with Crippen LogP contribution in [0.3, 0.4) is 0 Å². The Morgan fingerprint density at radius 1 is 1.15 bits per heavy atom. The van der Waals surface area contributed by atoms with Gasteiger partial charge in [-0.15, -0.1) is 11.3 Å². The maximum atomic E-state index is 12.3. The minimum Gasteiger partial charge on any atom is -0.372 e. The third-order valence-corrected chi connectivity index (χ3v) is 5.75. The predicted octanol–water partition coefficient (Wildman–Crippen LogP) is 2.84. The molecule has 3 heterocycles. The Morgan fingerprint density at radius 3 is 2.63 bits per heavy atom. The first-order chi connectivity index (χ1) is 13.2. The lowest BCUT2D eigenvalue weighted by atomic mass is 10.1. The molecule has 2 saturated heterocycles. The molecular formula is C19H23N5O2S. The molecule has 0 bridgehead atoms. The number of carbonyl (C=O) groups is 2. The van der Waals surface area contributed by atoms with E-state index in [-0.39, 0.29) is 18.4 Å². The molecule has 2 aromatic rings. The third-order valence-electron chi connectivity index (χ3n) is 4.84. The number of hydrogen-bond donors (Lipinski definition) is 2. The first-order valence-electron chi connectivity index (χ1n) is 9.34. The molecule has 0 spiro atoms. The smallest absolute Gasteiger partial charge is 0.323 e. The molecule has 142 valence electrons. The van der Waals surface area contributed by atoms with Gasteiger partial charge in [-0.25, -0.2) is 9.78 Å². The van der Waals surface area contributed by atoms with E-state index in [1.807, 2.05) is 17.5 Å². The fourth-order valence-electron chi connectivity index (χ4n) is 3.43. The lowest BCUT2D eigenvalue weighted by Crippen LogP contribution is -2.29. The van der Waals surface area contributed by atoms with Gasteiger partial charge in [-0.3, -0.25) is 9.69 Å². The topological polar surface area (TPSA) is 77.6 Å². The number of benzene rings is 1. The Hall–Kier alpha value is -2.61. The Bertz CT molecular complexity index is 814. The van der Waals surface area contributed by atoms with Crippen LogP contribution in [0.1, 0.15) is 25.0 Å². The van der Waals surface area contributed by atoms with E-state index >= 15 is 0 Å². The molecule has 3 amide bonds. The van der Waals surface area contributed by atoms with Crippen LogP contribution >= 0.6 is 11.3 Å². The summed E-state index contributed by atoms with van der Waals surface area (Å²) in [5.41, 5.74) is 2.67. The van der Waals surface area contributed by atoms with Crippen LogP contribution in [0.5, 0.6) is 0 Å². The summed E-state index contributed by atoms with van der Waals surface area (Å²) in [5, 5.41) is 8.14. The van der Waals surface area contributed by atoms with Gasteiger partial charge in [0.2, 0.25) is 5.91 Å². The van der Waals surface area contributed by atoms with E-state index in [2.05, 4.69) is 32.7 Å². The van der Waals surface area contributed by atoms with Crippen LogP contribution in [-0.2, 0) is 11.2 Å². The molecule has 7 nitrogen and oxygen atoms in total. The highest BCUT2D eigenvalue weighted by molar-refractivity contribution is 7.14. The number of aromatic nitrogens is 1. The van der Waals surface area contributed by atoms with Gasteiger partial charge in [0.1, 0.15) is 0 Å². The van der Waals surface area contributed by atoms with Crippen molar-refractivity contribution in [3.8, 4) is 0 Å². The minimum atomic E-state index is -0.130.